The Morgan fingerprint density at radius 3 is 1.64 bits per heavy atom. The largest absolute Gasteiger partial charge is 0.310 e. The van der Waals surface area contributed by atoms with Crippen molar-refractivity contribution in [3.8, 4) is 16.8 Å². The molecular weight excluding hydrogens is 847 g/mol. The molecule has 14 rings (SSSR count). The van der Waals surface area contributed by atoms with E-state index in [1.807, 2.05) is 0 Å². The first-order chi connectivity index (χ1) is 34.7. The molecule has 1 spiro atoms. The van der Waals surface area contributed by atoms with Crippen molar-refractivity contribution in [2.45, 2.75) is 69.1 Å². The van der Waals surface area contributed by atoms with E-state index in [2.05, 4.69) is 233 Å². The number of aromatic nitrogens is 1. The van der Waals surface area contributed by atoms with E-state index in [0.717, 1.165) is 12.8 Å². The molecule has 4 aliphatic carbocycles. The third kappa shape index (κ3) is 6.40. The molecule has 3 heteroatoms. The molecule has 4 aliphatic rings. The smallest absolute Gasteiger partial charge is 0.0561 e. The molecule has 2 fully saturated rings. The van der Waals surface area contributed by atoms with Crippen LogP contribution in [0.25, 0.3) is 38.6 Å². The van der Waals surface area contributed by atoms with E-state index in [0.29, 0.717) is 17.8 Å². The number of hydrogen-bond acceptors (Lipinski definition) is 2. The molecule has 340 valence electrons. The third-order valence-electron chi connectivity index (χ3n) is 17.1. The van der Waals surface area contributed by atoms with Gasteiger partial charge < -0.3 is 14.4 Å². The minimum atomic E-state index is -0.169. The Hall–Kier alpha value is -7.62. The first kappa shape index (κ1) is 41.4. The highest BCUT2D eigenvalue weighted by atomic mass is 15.2. The monoisotopic (exact) mass is 903 g/mol. The lowest BCUT2D eigenvalue weighted by Gasteiger charge is -2.40. The summed E-state index contributed by atoms with van der Waals surface area (Å²) in [5.74, 6) is 1.67. The lowest BCUT2D eigenvalue weighted by atomic mass is 9.68. The molecule has 0 saturated heterocycles. The summed E-state index contributed by atoms with van der Waals surface area (Å²) in [6, 6.07) is 82.6. The number of rotatable bonds is 9. The van der Waals surface area contributed by atoms with Gasteiger partial charge in [0, 0.05) is 44.5 Å². The maximum Gasteiger partial charge on any atom is 0.0561 e. The van der Waals surface area contributed by atoms with Crippen molar-refractivity contribution < 1.29 is 0 Å². The zero-order valence-corrected chi connectivity index (χ0v) is 39.7. The molecule has 3 unspecified atom stereocenters. The van der Waals surface area contributed by atoms with E-state index in [1.165, 1.54) is 146 Å². The van der Waals surface area contributed by atoms with Gasteiger partial charge >= 0.3 is 0 Å². The molecule has 0 radical (unpaired) electrons. The normalized spacial score (nSPS) is 19.2. The van der Waals surface area contributed by atoms with E-state index in [1.54, 1.807) is 0 Å². The van der Waals surface area contributed by atoms with Crippen molar-refractivity contribution in [1.29, 1.82) is 0 Å². The van der Waals surface area contributed by atoms with Gasteiger partial charge in [0.05, 0.1) is 28.1 Å². The second-order valence-electron chi connectivity index (χ2n) is 20.6. The Morgan fingerprint density at radius 2 is 0.957 bits per heavy atom. The Labute approximate surface area is 412 Å². The summed E-state index contributed by atoms with van der Waals surface area (Å²) in [6.07, 6.45) is 11.3. The van der Waals surface area contributed by atoms with Crippen LogP contribution in [0, 0.1) is 11.8 Å². The average molecular weight is 904 g/mol. The summed E-state index contributed by atoms with van der Waals surface area (Å²) in [4.78, 5) is 5.22. The van der Waals surface area contributed by atoms with Crippen LogP contribution in [0.4, 0.5) is 34.1 Å². The van der Waals surface area contributed by atoms with Crippen LogP contribution >= 0.6 is 0 Å². The Bertz CT molecular complexity index is 3540. The summed E-state index contributed by atoms with van der Waals surface area (Å²) in [5, 5.41) is 2.53. The van der Waals surface area contributed by atoms with Crippen molar-refractivity contribution in [1.82, 2.24) is 4.57 Å². The summed E-state index contributed by atoms with van der Waals surface area (Å²) in [5.41, 5.74) is 20.9. The van der Waals surface area contributed by atoms with Crippen molar-refractivity contribution in [3.63, 3.8) is 0 Å². The lowest BCUT2D eigenvalue weighted by Crippen LogP contribution is -2.34. The molecular formula is C67H57N3. The van der Waals surface area contributed by atoms with Crippen LogP contribution < -0.4 is 9.80 Å². The van der Waals surface area contributed by atoms with Crippen LogP contribution in [0.5, 0.6) is 0 Å². The summed E-state index contributed by atoms with van der Waals surface area (Å²) in [6.45, 7) is 0. The van der Waals surface area contributed by atoms with Crippen LogP contribution in [0.2, 0.25) is 0 Å². The van der Waals surface area contributed by atoms with Crippen LogP contribution in [-0.4, -0.2) is 4.57 Å². The molecule has 10 aromatic rings. The zero-order valence-electron chi connectivity index (χ0n) is 39.7. The molecule has 3 atom stereocenters. The van der Waals surface area contributed by atoms with Gasteiger partial charge in [0.15, 0.2) is 0 Å². The first-order valence-corrected chi connectivity index (χ1v) is 26.0. The predicted molar refractivity (Wildman–Crippen MR) is 292 cm³/mol. The second-order valence-corrected chi connectivity index (χ2v) is 20.6. The Balaban J connectivity index is 0.975. The van der Waals surface area contributed by atoms with Crippen molar-refractivity contribution in [3.05, 3.63) is 246 Å². The quantitative estimate of drug-likeness (QED) is 0.143. The van der Waals surface area contributed by atoms with Crippen molar-refractivity contribution in [2.24, 2.45) is 11.8 Å². The number of nitrogens with zero attached hydrogens (tertiary/aromatic N) is 3. The van der Waals surface area contributed by atoms with E-state index < -0.39 is 0 Å². The highest BCUT2D eigenvalue weighted by molar-refractivity contribution is 6.10. The van der Waals surface area contributed by atoms with Crippen molar-refractivity contribution >= 4 is 55.9 Å². The standard InChI is InChI=1S/C67H57N3/c1-5-19-46(20-6-1)47-35-37-48(38-36-47)57-29-13-15-31-60(57)69(54-25-9-3-10-26-54)63-34-18-22-50-44-52-40-39-51-43-49-21-17-33-62(65(49)67(51,52)66(50)63)68(53-23-7-2-8-24-53)56-41-42-59-58-30-14-16-32-61(58)70(64(59)45-56)55-27-11-4-12-28-55/h2-4,7-18,21-38,41-42,45-46,51-52H,1,5-6,19-20,39-40,43-44H2. The fraction of sp³-hybridized carbons (Fsp3) is 0.194. The summed E-state index contributed by atoms with van der Waals surface area (Å²) >= 11 is 0. The van der Waals surface area contributed by atoms with Gasteiger partial charge in [-0.05, 0) is 162 Å². The maximum absolute atomic E-state index is 2.63. The second kappa shape index (κ2) is 16.8. The molecule has 70 heavy (non-hydrogen) atoms. The molecule has 0 bridgehead atoms. The van der Waals surface area contributed by atoms with Crippen LogP contribution in [0.1, 0.15) is 78.7 Å². The van der Waals surface area contributed by atoms with Gasteiger partial charge in [-0.25, -0.2) is 0 Å². The van der Waals surface area contributed by atoms with E-state index >= 15 is 0 Å². The minimum absolute atomic E-state index is 0.169. The molecule has 1 aromatic heterocycles. The fourth-order valence-electron chi connectivity index (χ4n) is 14.3. The van der Waals surface area contributed by atoms with E-state index in [-0.39, 0.29) is 5.41 Å². The summed E-state index contributed by atoms with van der Waals surface area (Å²) < 4.78 is 2.45. The minimum Gasteiger partial charge on any atom is -0.310 e. The molecule has 0 aliphatic heterocycles. The van der Waals surface area contributed by atoms with Gasteiger partial charge in [-0.2, -0.15) is 0 Å². The van der Waals surface area contributed by atoms with Crippen LogP contribution in [-0.2, 0) is 18.3 Å². The molecule has 0 N–H and O–H groups in total. The average Bonchev–Trinajstić information content (AvgIpc) is 4.16. The van der Waals surface area contributed by atoms with Crippen LogP contribution in [0.3, 0.4) is 0 Å². The van der Waals surface area contributed by atoms with Gasteiger partial charge in [-0.15, -0.1) is 0 Å². The number of benzene rings is 9. The van der Waals surface area contributed by atoms with Crippen molar-refractivity contribution in [2.75, 3.05) is 9.80 Å². The highest BCUT2D eigenvalue weighted by Crippen LogP contribution is 2.69. The Kier molecular flexibility index (Phi) is 9.93. The van der Waals surface area contributed by atoms with Crippen LogP contribution in [0.15, 0.2) is 218 Å². The van der Waals surface area contributed by atoms with E-state index in [4.69, 9.17) is 0 Å². The van der Waals surface area contributed by atoms with Gasteiger partial charge in [0.2, 0.25) is 0 Å². The summed E-state index contributed by atoms with van der Waals surface area (Å²) in [7, 11) is 0. The van der Waals surface area contributed by atoms with E-state index in [9.17, 15) is 0 Å². The highest BCUT2D eigenvalue weighted by Gasteiger charge is 2.62. The number of anilines is 6. The molecule has 3 nitrogen and oxygen atoms in total. The number of hydrogen-bond donors (Lipinski definition) is 0. The number of fused-ring (bicyclic) bond motifs is 5. The van der Waals surface area contributed by atoms with Gasteiger partial charge in [-0.3, -0.25) is 0 Å². The molecule has 1 heterocycles. The van der Waals surface area contributed by atoms with Gasteiger partial charge in [-0.1, -0.05) is 165 Å². The van der Waals surface area contributed by atoms with Gasteiger partial charge in [0.1, 0.15) is 0 Å². The first-order valence-electron chi connectivity index (χ1n) is 26.0. The van der Waals surface area contributed by atoms with Gasteiger partial charge in [0.25, 0.3) is 0 Å². The zero-order chi connectivity index (χ0) is 46.2. The SMILES string of the molecule is c1ccc(N(c2ccc3c4ccccc4n(-c4ccccc4)c3c2)c2cccc3c2C24c5c(cccc5N(c5ccccc5)c5ccccc5-c5ccc(C6CCCCC6)cc5)CC2CCC4C3)cc1. The fourth-order valence-corrected chi connectivity index (χ4v) is 14.3. The molecule has 9 aromatic carbocycles. The molecule has 0 amide bonds. The maximum atomic E-state index is 2.63. The molecule has 2 saturated carbocycles. The number of para-hydroxylation sites is 5. The predicted octanol–water partition coefficient (Wildman–Crippen LogP) is 17.9. The Morgan fingerprint density at radius 1 is 0.400 bits per heavy atom. The third-order valence-corrected chi connectivity index (χ3v) is 17.1. The lowest BCUT2D eigenvalue weighted by molar-refractivity contribution is 0.350. The topological polar surface area (TPSA) is 11.4 Å².